The zero-order chi connectivity index (χ0) is 18.4. The van der Waals surface area contributed by atoms with E-state index in [1.165, 1.54) is 0 Å². The maximum Gasteiger partial charge on any atom is 0.289 e. The van der Waals surface area contributed by atoms with Gasteiger partial charge >= 0.3 is 0 Å². The third-order valence-corrected chi connectivity index (χ3v) is 5.01. The summed E-state index contributed by atoms with van der Waals surface area (Å²) in [7, 11) is 1.86. The molecule has 0 radical (unpaired) electrons. The standard InChI is InChI=1S/C19H18N6O2/c1-23-17-14(11-22-23)18(21-12-20-17)24-6-8-25(9-7-24)19(26)16-10-13-4-2-3-5-15(13)27-16/h2-5,10-12H,6-9H2,1H3. The Hall–Kier alpha value is -3.42. The van der Waals surface area contributed by atoms with Crippen LogP contribution >= 0.6 is 0 Å². The Labute approximate surface area is 155 Å². The summed E-state index contributed by atoms with van der Waals surface area (Å²) >= 11 is 0. The Kier molecular flexibility index (Phi) is 3.56. The Morgan fingerprint density at radius 3 is 2.74 bits per heavy atom. The minimum absolute atomic E-state index is 0.0694. The number of aromatic nitrogens is 4. The van der Waals surface area contributed by atoms with E-state index in [9.17, 15) is 4.79 Å². The van der Waals surface area contributed by atoms with Gasteiger partial charge in [-0.3, -0.25) is 9.48 Å². The Morgan fingerprint density at radius 1 is 1.11 bits per heavy atom. The second kappa shape index (κ2) is 6.08. The normalized spacial score (nSPS) is 15.0. The number of hydrogen-bond donors (Lipinski definition) is 0. The molecule has 4 heterocycles. The van der Waals surface area contributed by atoms with Gasteiger partial charge in [0.05, 0.1) is 11.6 Å². The van der Waals surface area contributed by atoms with Crippen LogP contribution in [0.2, 0.25) is 0 Å². The molecule has 1 aromatic carbocycles. The summed E-state index contributed by atoms with van der Waals surface area (Å²) in [5, 5.41) is 6.14. The second-order valence-electron chi connectivity index (χ2n) is 6.63. The van der Waals surface area contributed by atoms with Crippen molar-refractivity contribution >= 4 is 33.7 Å². The topological polar surface area (TPSA) is 80.3 Å². The molecule has 4 aromatic rings. The largest absolute Gasteiger partial charge is 0.451 e. The summed E-state index contributed by atoms with van der Waals surface area (Å²) < 4.78 is 7.46. The lowest BCUT2D eigenvalue weighted by Crippen LogP contribution is -2.49. The maximum absolute atomic E-state index is 12.8. The summed E-state index contributed by atoms with van der Waals surface area (Å²) in [5.41, 5.74) is 1.54. The first-order chi connectivity index (χ1) is 13.2. The number of carbonyl (C=O) groups is 1. The fraction of sp³-hybridized carbons (Fsp3) is 0.263. The molecular weight excluding hydrogens is 344 g/mol. The van der Waals surface area contributed by atoms with Crippen LogP contribution in [-0.2, 0) is 7.05 Å². The number of para-hydroxylation sites is 1. The lowest BCUT2D eigenvalue weighted by Gasteiger charge is -2.35. The van der Waals surface area contributed by atoms with E-state index < -0.39 is 0 Å². The molecule has 3 aromatic heterocycles. The molecule has 27 heavy (non-hydrogen) atoms. The number of hydrogen-bond acceptors (Lipinski definition) is 6. The zero-order valence-corrected chi connectivity index (χ0v) is 14.9. The first-order valence-corrected chi connectivity index (χ1v) is 8.86. The number of rotatable bonds is 2. The summed E-state index contributed by atoms with van der Waals surface area (Å²) in [6.07, 6.45) is 3.35. The van der Waals surface area contributed by atoms with E-state index >= 15 is 0 Å². The van der Waals surface area contributed by atoms with Gasteiger partial charge in [0.15, 0.2) is 11.4 Å². The van der Waals surface area contributed by atoms with Crippen molar-refractivity contribution in [2.45, 2.75) is 0 Å². The van der Waals surface area contributed by atoms with Crippen LogP contribution in [0, 0.1) is 0 Å². The number of carbonyl (C=O) groups excluding carboxylic acids is 1. The van der Waals surface area contributed by atoms with Crippen molar-refractivity contribution in [3.63, 3.8) is 0 Å². The van der Waals surface area contributed by atoms with E-state index in [0.717, 1.165) is 27.8 Å². The van der Waals surface area contributed by atoms with Gasteiger partial charge in [0.1, 0.15) is 17.7 Å². The fourth-order valence-corrected chi connectivity index (χ4v) is 3.57. The predicted molar refractivity (Wildman–Crippen MR) is 101 cm³/mol. The number of furan rings is 1. The predicted octanol–water partition coefficient (Wildman–Crippen LogP) is 2.07. The van der Waals surface area contributed by atoms with E-state index in [1.54, 1.807) is 17.2 Å². The third-order valence-electron chi connectivity index (χ3n) is 5.01. The Morgan fingerprint density at radius 2 is 1.93 bits per heavy atom. The summed E-state index contributed by atoms with van der Waals surface area (Å²) in [6.45, 7) is 2.63. The average molecular weight is 362 g/mol. The molecule has 1 aliphatic heterocycles. The van der Waals surface area contributed by atoms with Gasteiger partial charge < -0.3 is 14.2 Å². The highest BCUT2D eigenvalue weighted by molar-refractivity contribution is 5.96. The molecule has 5 rings (SSSR count). The maximum atomic E-state index is 12.8. The fourth-order valence-electron chi connectivity index (χ4n) is 3.57. The van der Waals surface area contributed by atoms with Gasteiger partial charge in [0, 0.05) is 38.6 Å². The lowest BCUT2D eigenvalue weighted by atomic mass is 10.2. The van der Waals surface area contributed by atoms with Crippen LogP contribution < -0.4 is 4.90 Å². The molecule has 1 amide bonds. The minimum atomic E-state index is -0.0694. The van der Waals surface area contributed by atoms with E-state index in [-0.39, 0.29) is 5.91 Å². The van der Waals surface area contributed by atoms with Gasteiger partial charge in [0.25, 0.3) is 5.91 Å². The zero-order valence-electron chi connectivity index (χ0n) is 14.9. The van der Waals surface area contributed by atoms with Crippen molar-refractivity contribution in [3.05, 3.63) is 48.6 Å². The van der Waals surface area contributed by atoms with Crippen molar-refractivity contribution in [2.24, 2.45) is 7.05 Å². The van der Waals surface area contributed by atoms with Gasteiger partial charge in [-0.1, -0.05) is 18.2 Å². The molecule has 8 nitrogen and oxygen atoms in total. The molecule has 0 spiro atoms. The van der Waals surface area contributed by atoms with Gasteiger partial charge in [-0.25, -0.2) is 9.97 Å². The SMILES string of the molecule is Cn1ncc2c(N3CCN(C(=O)c4cc5ccccc5o4)CC3)ncnc21. The van der Waals surface area contributed by atoms with Gasteiger partial charge in [0.2, 0.25) is 0 Å². The van der Waals surface area contributed by atoms with Crippen molar-refractivity contribution in [3.8, 4) is 0 Å². The molecular formula is C19H18N6O2. The Balaban J connectivity index is 1.34. The van der Waals surface area contributed by atoms with E-state index in [0.29, 0.717) is 31.9 Å². The third kappa shape index (κ3) is 2.61. The number of amides is 1. The number of nitrogens with zero attached hydrogens (tertiary/aromatic N) is 6. The first kappa shape index (κ1) is 15.8. The monoisotopic (exact) mass is 362 g/mol. The smallest absolute Gasteiger partial charge is 0.289 e. The van der Waals surface area contributed by atoms with Crippen LogP contribution in [0.5, 0.6) is 0 Å². The van der Waals surface area contributed by atoms with Crippen molar-refractivity contribution in [1.29, 1.82) is 0 Å². The molecule has 0 unspecified atom stereocenters. The molecule has 0 aliphatic carbocycles. The molecule has 0 atom stereocenters. The number of fused-ring (bicyclic) bond motifs is 2. The number of aryl methyl sites for hydroxylation is 1. The summed E-state index contributed by atoms with van der Waals surface area (Å²) in [6, 6.07) is 9.47. The molecule has 0 N–H and O–H groups in total. The van der Waals surface area contributed by atoms with Crippen LogP contribution in [0.25, 0.3) is 22.0 Å². The van der Waals surface area contributed by atoms with E-state index in [4.69, 9.17) is 4.42 Å². The van der Waals surface area contributed by atoms with E-state index in [1.807, 2.05) is 42.3 Å². The van der Waals surface area contributed by atoms with Crippen molar-refractivity contribution in [1.82, 2.24) is 24.6 Å². The summed E-state index contributed by atoms with van der Waals surface area (Å²) in [5.74, 6) is 1.19. The number of benzene rings is 1. The molecule has 0 bridgehead atoms. The number of anilines is 1. The first-order valence-electron chi connectivity index (χ1n) is 8.86. The van der Waals surface area contributed by atoms with Crippen LogP contribution in [0.4, 0.5) is 5.82 Å². The molecule has 1 aliphatic rings. The highest BCUT2D eigenvalue weighted by Gasteiger charge is 2.26. The van der Waals surface area contributed by atoms with Crippen LogP contribution in [-0.4, -0.2) is 56.7 Å². The van der Waals surface area contributed by atoms with E-state index in [2.05, 4.69) is 20.0 Å². The molecule has 0 saturated carbocycles. The minimum Gasteiger partial charge on any atom is -0.451 e. The average Bonchev–Trinajstić information content (AvgIpc) is 3.31. The quantitative estimate of drug-likeness (QED) is 0.543. The van der Waals surface area contributed by atoms with Crippen LogP contribution in [0.3, 0.4) is 0 Å². The molecule has 136 valence electrons. The second-order valence-corrected chi connectivity index (χ2v) is 6.63. The summed E-state index contributed by atoms with van der Waals surface area (Å²) in [4.78, 5) is 25.5. The molecule has 8 heteroatoms. The Bertz CT molecular complexity index is 1110. The van der Waals surface area contributed by atoms with Gasteiger partial charge in [-0.15, -0.1) is 0 Å². The van der Waals surface area contributed by atoms with Gasteiger partial charge in [-0.2, -0.15) is 5.10 Å². The highest BCUT2D eigenvalue weighted by Crippen LogP contribution is 2.24. The van der Waals surface area contributed by atoms with Crippen LogP contribution in [0.15, 0.2) is 47.3 Å². The van der Waals surface area contributed by atoms with Crippen LogP contribution in [0.1, 0.15) is 10.6 Å². The van der Waals surface area contributed by atoms with Crippen molar-refractivity contribution < 1.29 is 9.21 Å². The molecule has 1 fully saturated rings. The van der Waals surface area contributed by atoms with Gasteiger partial charge in [-0.05, 0) is 12.1 Å². The molecule has 1 saturated heterocycles. The lowest BCUT2D eigenvalue weighted by molar-refractivity contribution is 0.0717. The van der Waals surface area contributed by atoms with Crippen molar-refractivity contribution in [2.75, 3.05) is 31.1 Å². The number of piperazine rings is 1. The highest BCUT2D eigenvalue weighted by atomic mass is 16.3.